The molecule has 8 heteroatoms. The molecule has 0 unspecified atom stereocenters. The Bertz CT molecular complexity index is 1220. The van der Waals surface area contributed by atoms with Crippen LogP contribution in [0.3, 0.4) is 0 Å². The number of carbonyl (C=O) groups excluding carboxylic acids is 2. The predicted molar refractivity (Wildman–Crippen MR) is 126 cm³/mol. The smallest absolute Gasteiger partial charge is 0.257 e. The normalized spacial score (nSPS) is 15.1. The van der Waals surface area contributed by atoms with Crippen LogP contribution in [0.15, 0.2) is 58.5 Å². The van der Waals surface area contributed by atoms with Crippen LogP contribution in [-0.2, 0) is 16.0 Å². The first-order valence-electron chi connectivity index (χ1n) is 10.4. The minimum Gasteiger partial charge on any atom is -0.325 e. The zero-order chi connectivity index (χ0) is 22.7. The largest absolute Gasteiger partial charge is 0.325 e. The van der Waals surface area contributed by atoms with Crippen LogP contribution in [0.5, 0.6) is 0 Å². The SMILES string of the molecule is Cc1ccc(C)c(NC(=O)[C@@H]2CC(=O)Nc3nc(SCCc4ccccc4)[nH]c(=O)c32)c1. The molecule has 1 aromatic heterocycles. The number of hydrogen-bond donors (Lipinski definition) is 3. The van der Waals surface area contributed by atoms with E-state index < -0.39 is 17.4 Å². The van der Waals surface area contributed by atoms with Crippen LogP contribution in [-0.4, -0.2) is 27.5 Å². The molecule has 0 radical (unpaired) electrons. The molecule has 7 nitrogen and oxygen atoms in total. The first-order chi connectivity index (χ1) is 15.4. The maximum absolute atomic E-state index is 13.0. The number of thioether (sulfide) groups is 1. The van der Waals surface area contributed by atoms with Crippen molar-refractivity contribution in [1.29, 1.82) is 0 Å². The summed E-state index contributed by atoms with van der Waals surface area (Å²) in [6.07, 6.45) is 0.717. The van der Waals surface area contributed by atoms with Gasteiger partial charge < -0.3 is 15.6 Å². The molecule has 32 heavy (non-hydrogen) atoms. The molecule has 164 valence electrons. The molecule has 3 aromatic rings. The van der Waals surface area contributed by atoms with Crippen molar-refractivity contribution in [3.05, 3.63) is 81.1 Å². The third-order valence-electron chi connectivity index (χ3n) is 5.37. The summed E-state index contributed by atoms with van der Waals surface area (Å²) in [5.41, 5.74) is 3.56. The molecule has 0 saturated carbocycles. The van der Waals surface area contributed by atoms with Gasteiger partial charge in [0.1, 0.15) is 5.82 Å². The van der Waals surface area contributed by atoms with Crippen LogP contribution < -0.4 is 16.2 Å². The van der Waals surface area contributed by atoms with Gasteiger partial charge in [0, 0.05) is 17.9 Å². The molecular weight excluding hydrogens is 424 g/mol. The quantitative estimate of drug-likeness (QED) is 0.393. The molecule has 4 rings (SSSR count). The summed E-state index contributed by atoms with van der Waals surface area (Å²) in [4.78, 5) is 45.4. The molecule has 0 bridgehead atoms. The molecule has 0 fully saturated rings. The molecule has 1 aliphatic rings. The maximum atomic E-state index is 13.0. The molecule has 2 heterocycles. The fraction of sp³-hybridized carbons (Fsp3) is 0.250. The van der Waals surface area contributed by atoms with Gasteiger partial charge >= 0.3 is 0 Å². The molecule has 1 atom stereocenters. The highest BCUT2D eigenvalue weighted by Crippen LogP contribution is 2.31. The van der Waals surface area contributed by atoms with Crippen molar-refractivity contribution in [3.63, 3.8) is 0 Å². The van der Waals surface area contributed by atoms with Crippen LogP contribution in [0.25, 0.3) is 0 Å². The standard InChI is InChI=1S/C24H24N4O3S/c1-14-8-9-15(2)18(12-14)25-22(30)17-13-19(29)26-21-20(17)23(31)28-24(27-21)32-11-10-16-6-4-3-5-7-16/h3-9,12,17H,10-11,13H2,1-2H3,(H,25,30)(H2,26,27,28,29,31)/t17-/m1/s1. The van der Waals surface area contributed by atoms with E-state index in [4.69, 9.17) is 0 Å². The Morgan fingerprint density at radius 1 is 1.16 bits per heavy atom. The van der Waals surface area contributed by atoms with E-state index in [1.54, 1.807) is 0 Å². The number of aromatic amines is 1. The summed E-state index contributed by atoms with van der Waals surface area (Å²) in [7, 11) is 0. The minimum absolute atomic E-state index is 0.102. The maximum Gasteiger partial charge on any atom is 0.257 e. The van der Waals surface area contributed by atoms with Gasteiger partial charge in [-0.25, -0.2) is 4.98 Å². The number of rotatable bonds is 6. The van der Waals surface area contributed by atoms with E-state index in [0.717, 1.165) is 23.3 Å². The summed E-state index contributed by atoms with van der Waals surface area (Å²) in [5.74, 6) is -0.758. The molecule has 2 amide bonds. The van der Waals surface area contributed by atoms with E-state index in [9.17, 15) is 14.4 Å². The number of benzene rings is 2. The van der Waals surface area contributed by atoms with E-state index in [2.05, 4.69) is 20.6 Å². The van der Waals surface area contributed by atoms with Crippen molar-refractivity contribution in [1.82, 2.24) is 9.97 Å². The van der Waals surface area contributed by atoms with Crippen LogP contribution in [0.4, 0.5) is 11.5 Å². The van der Waals surface area contributed by atoms with Gasteiger partial charge in [-0.1, -0.05) is 54.2 Å². The van der Waals surface area contributed by atoms with Gasteiger partial charge in [-0.3, -0.25) is 14.4 Å². The van der Waals surface area contributed by atoms with Crippen molar-refractivity contribution in [3.8, 4) is 0 Å². The second-order valence-corrected chi connectivity index (χ2v) is 8.91. The van der Waals surface area contributed by atoms with Gasteiger partial charge in [0.15, 0.2) is 5.16 Å². The van der Waals surface area contributed by atoms with Crippen LogP contribution in [0, 0.1) is 13.8 Å². The number of amides is 2. The van der Waals surface area contributed by atoms with Gasteiger partial charge in [-0.05, 0) is 43.0 Å². The summed E-state index contributed by atoms with van der Waals surface area (Å²) in [5, 5.41) is 5.94. The Balaban J connectivity index is 1.54. The van der Waals surface area contributed by atoms with Gasteiger partial charge in [0.25, 0.3) is 5.56 Å². The summed E-state index contributed by atoms with van der Waals surface area (Å²) in [6, 6.07) is 15.8. The van der Waals surface area contributed by atoms with E-state index >= 15 is 0 Å². The van der Waals surface area contributed by atoms with E-state index in [1.165, 1.54) is 17.3 Å². The van der Waals surface area contributed by atoms with Crippen LogP contribution in [0.2, 0.25) is 0 Å². The third kappa shape index (κ3) is 4.91. The Morgan fingerprint density at radius 2 is 1.94 bits per heavy atom. The van der Waals surface area contributed by atoms with E-state index in [0.29, 0.717) is 10.8 Å². The lowest BCUT2D eigenvalue weighted by Gasteiger charge is -2.24. The number of fused-ring (bicyclic) bond motifs is 1. The van der Waals surface area contributed by atoms with Gasteiger partial charge in [-0.15, -0.1) is 0 Å². The predicted octanol–water partition coefficient (Wildman–Crippen LogP) is 3.79. The average molecular weight is 449 g/mol. The third-order valence-corrected chi connectivity index (χ3v) is 6.24. The average Bonchev–Trinajstić information content (AvgIpc) is 2.76. The Labute approximate surface area is 190 Å². The number of anilines is 2. The fourth-order valence-corrected chi connectivity index (χ4v) is 4.50. The summed E-state index contributed by atoms with van der Waals surface area (Å²) >= 11 is 1.40. The Hall–Kier alpha value is -3.39. The van der Waals surface area contributed by atoms with Gasteiger partial charge in [0.2, 0.25) is 11.8 Å². The second kappa shape index (κ2) is 9.40. The van der Waals surface area contributed by atoms with E-state index in [-0.39, 0.29) is 23.7 Å². The minimum atomic E-state index is -0.904. The van der Waals surface area contributed by atoms with Crippen molar-refractivity contribution < 1.29 is 9.59 Å². The second-order valence-electron chi connectivity index (χ2n) is 7.83. The number of aryl methyl sites for hydroxylation is 3. The Kier molecular flexibility index (Phi) is 6.41. The van der Waals surface area contributed by atoms with Gasteiger partial charge in [-0.2, -0.15) is 0 Å². The van der Waals surface area contributed by atoms with Crippen molar-refractivity contribution in [2.75, 3.05) is 16.4 Å². The highest BCUT2D eigenvalue weighted by atomic mass is 32.2. The lowest BCUT2D eigenvalue weighted by atomic mass is 9.92. The fourth-order valence-electron chi connectivity index (χ4n) is 3.64. The first kappa shape index (κ1) is 21.8. The highest BCUT2D eigenvalue weighted by Gasteiger charge is 2.35. The number of hydrogen-bond acceptors (Lipinski definition) is 5. The Morgan fingerprint density at radius 3 is 2.72 bits per heavy atom. The molecule has 1 aliphatic heterocycles. The zero-order valence-electron chi connectivity index (χ0n) is 17.9. The number of nitrogens with zero attached hydrogens (tertiary/aromatic N) is 1. The molecule has 0 saturated heterocycles. The highest BCUT2D eigenvalue weighted by molar-refractivity contribution is 7.99. The lowest BCUT2D eigenvalue weighted by Crippen LogP contribution is -2.36. The molecule has 0 spiro atoms. The zero-order valence-corrected chi connectivity index (χ0v) is 18.7. The topological polar surface area (TPSA) is 104 Å². The lowest BCUT2D eigenvalue weighted by molar-refractivity contribution is -0.123. The van der Waals surface area contributed by atoms with E-state index in [1.807, 2.05) is 62.4 Å². The van der Waals surface area contributed by atoms with Crippen molar-refractivity contribution in [2.24, 2.45) is 0 Å². The molecule has 2 aromatic carbocycles. The molecular formula is C24H24N4O3S. The number of H-pyrrole nitrogens is 1. The summed E-state index contributed by atoms with van der Waals surface area (Å²) in [6.45, 7) is 3.83. The number of aromatic nitrogens is 2. The molecule has 3 N–H and O–H groups in total. The number of carbonyl (C=O) groups is 2. The van der Waals surface area contributed by atoms with Crippen LogP contribution >= 0.6 is 11.8 Å². The first-order valence-corrected chi connectivity index (χ1v) is 11.4. The van der Waals surface area contributed by atoms with Crippen LogP contribution in [0.1, 0.15) is 34.6 Å². The van der Waals surface area contributed by atoms with Gasteiger partial charge in [0.05, 0.1) is 11.5 Å². The number of nitrogens with one attached hydrogen (secondary N) is 3. The summed E-state index contributed by atoms with van der Waals surface area (Å²) < 4.78 is 0. The molecule has 0 aliphatic carbocycles. The van der Waals surface area contributed by atoms with Crippen molar-refractivity contribution in [2.45, 2.75) is 37.8 Å². The monoisotopic (exact) mass is 448 g/mol. The van der Waals surface area contributed by atoms with Crippen molar-refractivity contribution >= 4 is 35.1 Å².